The van der Waals surface area contributed by atoms with Crippen molar-refractivity contribution in [2.24, 2.45) is 5.73 Å². The van der Waals surface area contributed by atoms with Gasteiger partial charge in [-0.3, -0.25) is 4.79 Å². The highest BCUT2D eigenvalue weighted by Gasteiger charge is 2.19. The van der Waals surface area contributed by atoms with Crippen LogP contribution in [-0.4, -0.2) is 21.8 Å². The van der Waals surface area contributed by atoms with Gasteiger partial charge in [0.25, 0.3) is 0 Å². The quantitative estimate of drug-likeness (QED) is 0.485. The van der Waals surface area contributed by atoms with Crippen LogP contribution in [0, 0.1) is 11.6 Å². The van der Waals surface area contributed by atoms with Crippen LogP contribution in [0.3, 0.4) is 0 Å². The molecular formula is C19H13ClF2N4O3. The number of nitrogens with two attached hydrogens (primary N) is 2. The molecule has 1 heterocycles. The van der Waals surface area contributed by atoms with Crippen LogP contribution in [0.15, 0.2) is 42.6 Å². The van der Waals surface area contributed by atoms with E-state index in [9.17, 15) is 18.4 Å². The number of nitrogens with zero attached hydrogens (tertiary/aromatic N) is 2. The van der Waals surface area contributed by atoms with Gasteiger partial charge in [0.2, 0.25) is 5.91 Å². The zero-order valence-electron chi connectivity index (χ0n) is 14.7. The molecule has 7 nitrogen and oxygen atoms in total. The van der Waals surface area contributed by atoms with Crippen molar-refractivity contribution < 1.29 is 23.1 Å². The summed E-state index contributed by atoms with van der Waals surface area (Å²) in [6.07, 6.45) is 1.33. The minimum atomic E-state index is -0.995. The van der Waals surface area contributed by atoms with Crippen LogP contribution in [0.5, 0.6) is 0 Å². The molecule has 0 unspecified atom stereocenters. The molecule has 0 bridgehead atoms. The first kappa shape index (κ1) is 20.2. The molecule has 0 saturated heterocycles. The first-order chi connectivity index (χ1) is 13.8. The van der Waals surface area contributed by atoms with E-state index in [0.29, 0.717) is 11.1 Å². The predicted molar refractivity (Wildman–Crippen MR) is 101 cm³/mol. The van der Waals surface area contributed by atoms with Crippen molar-refractivity contribution in [2.45, 2.75) is 6.61 Å². The number of esters is 1. The molecule has 3 rings (SSSR count). The van der Waals surface area contributed by atoms with Crippen molar-refractivity contribution >= 4 is 29.3 Å². The van der Waals surface area contributed by atoms with Crippen molar-refractivity contribution in [1.82, 2.24) is 9.97 Å². The lowest BCUT2D eigenvalue weighted by molar-refractivity contribution is 0.0462. The van der Waals surface area contributed by atoms with Gasteiger partial charge in [0.05, 0.1) is 16.9 Å². The maximum Gasteiger partial charge on any atom is 0.361 e. The van der Waals surface area contributed by atoms with Gasteiger partial charge in [-0.25, -0.2) is 23.5 Å². The highest BCUT2D eigenvalue weighted by atomic mass is 35.5. The summed E-state index contributed by atoms with van der Waals surface area (Å²) in [4.78, 5) is 31.5. The van der Waals surface area contributed by atoms with Crippen molar-refractivity contribution in [3.8, 4) is 11.3 Å². The molecule has 0 saturated carbocycles. The maximum atomic E-state index is 13.8. The number of anilines is 1. The average Bonchev–Trinajstić information content (AvgIpc) is 2.71. The van der Waals surface area contributed by atoms with Crippen LogP contribution in [0.2, 0.25) is 5.02 Å². The Morgan fingerprint density at radius 3 is 2.38 bits per heavy atom. The topological polar surface area (TPSA) is 121 Å². The molecule has 4 N–H and O–H groups in total. The number of halogens is 3. The van der Waals surface area contributed by atoms with Gasteiger partial charge < -0.3 is 16.2 Å². The number of hydrogen-bond acceptors (Lipinski definition) is 6. The van der Waals surface area contributed by atoms with E-state index in [1.165, 1.54) is 18.3 Å². The van der Waals surface area contributed by atoms with Crippen LogP contribution in [0.4, 0.5) is 14.6 Å². The summed E-state index contributed by atoms with van der Waals surface area (Å²) in [5, 5.41) is -0.486. The smallest absolute Gasteiger partial charge is 0.361 e. The SMILES string of the molecule is NC(=O)c1ccc(-c2cnc(N)c(C(=O)OCc3c(F)ccc(F)c3Cl)n2)cc1. The summed E-state index contributed by atoms with van der Waals surface area (Å²) in [6.45, 7) is -0.625. The minimum Gasteiger partial charge on any atom is -0.456 e. The van der Waals surface area contributed by atoms with Gasteiger partial charge in [0, 0.05) is 16.7 Å². The summed E-state index contributed by atoms with van der Waals surface area (Å²) in [5.74, 6) is -3.47. The molecule has 29 heavy (non-hydrogen) atoms. The molecular weight excluding hydrogens is 406 g/mol. The Bertz CT molecular complexity index is 1110. The summed E-state index contributed by atoms with van der Waals surface area (Å²) in [6, 6.07) is 7.84. The van der Waals surface area contributed by atoms with Crippen molar-refractivity contribution in [3.05, 3.63) is 76.1 Å². The van der Waals surface area contributed by atoms with Gasteiger partial charge in [-0.1, -0.05) is 23.7 Å². The Kier molecular flexibility index (Phi) is 5.69. The second-order valence-electron chi connectivity index (χ2n) is 5.83. The third kappa shape index (κ3) is 4.30. The molecule has 2 aromatic carbocycles. The molecule has 10 heteroatoms. The van der Waals surface area contributed by atoms with Crippen LogP contribution >= 0.6 is 11.6 Å². The van der Waals surface area contributed by atoms with Gasteiger partial charge in [0.1, 0.15) is 18.2 Å². The fraction of sp³-hybridized carbons (Fsp3) is 0.0526. The number of carbonyl (C=O) groups excluding carboxylic acids is 2. The third-order valence-electron chi connectivity index (χ3n) is 3.95. The summed E-state index contributed by atoms with van der Waals surface area (Å²) in [5.41, 5.74) is 11.4. The standard InChI is InChI=1S/C19H13ClF2N4O3/c20-15-11(12(21)5-6-13(15)22)8-29-19(28)16-17(23)25-7-14(26-16)9-1-3-10(4-2-9)18(24)27/h1-7H,8H2,(H2,23,25)(H2,24,27). The second-order valence-corrected chi connectivity index (χ2v) is 6.21. The lowest BCUT2D eigenvalue weighted by atomic mass is 10.1. The van der Waals surface area contributed by atoms with Crippen LogP contribution < -0.4 is 11.5 Å². The van der Waals surface area contributed by atoms with E-state index in [0.717, 1.165) is 12.1 Å². The molecule has 0 fully saturated rings. The predicted octanol–water partition coefficient (Wildman–Crippen LogP) is 3.11. The van der Waals surface area contributed by atoms with E-state index in [4.69, 9.17) is 27.8 Å². The molecule has 0 spiro atoms. The Balaban J connectivity index is 1.83. The normalized spacial score (nSPS) is 10.6. The van der Waals surface area contributed by atoms with E-state index >= 15 is 0 Å². The highest BCUT2D eigenvalue weighted by molar-refractivity contribution is 6.31. The van der Waals surface area contributed by atoms with Gasteiger partial charge in [-0.05, 0) is 24.3 Å². The molecule has 0 atom stereocenters. The fourth-order valence-corrected chi connectivity index (χ4v) is 2.61. The second kappa shape index (κ2) is 8.19. The minimum absolute atomic E-state index is 0.210. The van der Waals surface area contributed by atoms with Crippen LogP contribution in [-0.2, 0) is 11.3 Å². The van der Waals surface area contributed by atoms with E-state index in [1.807, 2.05) is 0 Å². The third-order valence-corrected chi connectivity index (χ3v) is 4.35. The van der Waals surface area contributed by atoms with E-state index in [-0.39, 0.29) is 22.8 Å². The number of rotatable bonds is 5. The number of aromatic nitrogens is 2. The number of ether oxygens (including phenoxy) is 1. The monoisotopic (exact) mass is 418 g/mol. The van der Waals surface area contributed by atoms with E-state index in [2.05, 4.69) is 9.97 Å². The molecule has 1 amide bonds. The number of nitrogen functional groups attached to an aromatic ring is 1. The Hall–Kier alpha value is -3.59. The van der Waals surface area contributed by atoms with Crippen LogP contribution in [0.1, 0.15) is 26.4 Å². The van der Waals surface area contributed by atoms with Gasteiger partial charge in [0.15, 0.2) is 11.5 Å². The number of primary amides is 1. The highest BCUT2D eigenvalue weighted by Crippen LogP contribution is 2.24. The molecule has 0 aliphatic heterocycles. The van der Waals surface area contributed by atoms with E-state index < -0.39 is 35.1 Å². The Morgan fingerprint density at radius 2 is 1.72 bits per heavy atom. The maximum absolute atomic E-state index is 13.8. The lowest BCUT2D eigenvalue weighted by Gasteiger charge is -2.10. The molecule has 3 aromatic rings. The summed E-state index contributed by atoms with van der Waals surface area (Å²) < 4.78 is 32.3. The number of carbonyl (C=O) groups is 2. The number of benzene rings is 2. The zero-order chi connectivity index (χ0) is 21.1. The average molecular weight is 419 g/mol. The number of hydrogen-bond donors (Lipinski definition) is 2. The van der Waals surface area contributed by atoms with Gasteiger partial charge in [-0.15, -0.1) is 0 Å². The Morgan fingerprint density at radius 1 is 1.07 bits per heavy atom. The zero-order valence-corrected chi connectivity index (χ0v) is 15.4. The first-order valence-corrected chi connectivity index (χ1v) is 8.48. The van der Waals surface area contributed by atoms with Gasteiger partial charge >= 0.3 is 5.97 Å². The van der Waals surface area contributed by atoms with Gasteiger partial charge in [-0.2, -0.15) is 0 Å². The van der Waals surface area contributed by atoms with Crippen molar-refractivity contribution in [3.63, 3.8) is 0 Å². The number of amides is 1. The molecule has 0 radical (unpaired) electrons. The lowest BCUT2D eigenvalue weighted by Crippen LogP contribution is -2.13. The van der Waals surface area contributed by atoms with Crippen LogP contribution in [0.25, 0.3) is 11.3 Å². The Labute approximate surface area is 168 Å². The summed E-state index contributed by atoms with van der Waals surface area (Å²) >= 11 is 5.71. The molecule has 0 aliphatic carbocycles. The molecule has 148 valence electrons. The largest absolute Gasteiger partial charge is 0.456 e. The summed E-state index contributed by atoms with van der Waals surface area (Å²) in [7, 11) is 0. The molecule has 0 aliphatic rings. The van der Waals surface area contributed by atoms with Crippen molar-refractivity contribution in [2.75, 3.05) is 5.73 Å². The molecule has 1 aromatic heterocycles. The van der Waals surface area contributed by atoms with Crippen molar-refractivity contribution in [1.29, 1.82) is 0 Å². The first-order valence-electron chi connectivity index (χ1n) is 8.10. The van der Waals surface area contributed by atoms with E-state index in [1.54, 1.807) is 12.1 Å². The fourth-order valence-electron chi connectivity index (χ4n) is 2.40.